The molecular weight excluding hydrogens is 222 g/mol. The summed E-state index contributed by atoms with van der Waals surface area (Å²) in [7, 11) is 2.62. The number of benzene rings is 1. The minimum Gasteiger partial charge on any atom is -0.504 e. The van der Waals surface area contributed by atoms with Crippen molar-refractivity contribution in [2.75, 3.05) is 14.2 Å². The highest BCUT2D eigenvalue weighted by atomic mass is 16.5. The number of methoxy groups -OCH3 is 2. The third-order valence-corrected chi connectivity index (χ3v) is 2.04. The van der Waals surface area contributed by atoms with Crippen LogP contribution < -0.4 is 4.74 Å². The van der Waals surface area contributed by atoms with E-state index in [1.165, 1.54) is 32.4 Å². The van der Waals surface area contributed by atoms with E-state index in [1.807, 2.05) is 0 Å². The van der Waals surface area contributed by atoms with E-state index >= 15 is 0 Å². The van der Waals surface area contributed by atoms with Gasteiger partial charge in [-0.05, 0) is 23.8 Å². The molecule has 0 bridgehead atoms. The van der Waals surface area contributed by atoms with Crippen LogP contribution in [-0.2, 0) is 9.53 Å². The molecule has 0 saturated heterocycles. The van der Waals surface area contributed by atoms with Crippen LogP contribution in [0.25, 0.3) is 6.08 Å². The summed E-state index contributed by atoms with van der Waals surface area (Å²) in [6.07, 6.45) is 1.32. The number of carbonyl (C=O) groups is 1. The van der Waals surface area contributed by atoms with Gasteiger partial charge in [0.2, 0.25) is 0 Å². The first-order valence-corrected chi connectivity index (χ1v) is 4.69. The van der Waals surface area contributed by atoms with Crippen molar-refractivity contribution in [3.05, 3.63) is 29.3 Å². The van der Waals surface area contributed by atoms with Crippen LogP contribution >= 0.6 is 0 Å². The number of phenolic OH excluding ortho intramolecular Hbond substituents is 1. The van der Waals surface area contributed by atoms with Crippen molar-refractivity contribution < 1.29 is 19.4 Å². The Morgan fingerprint density at radius 3 is 2.65 bits per heavy atom. The maximum absolute atomic E-state index is 11.2. The van der Waals surface area contributed by atoms with Crippen LogP contribution in [0.3, 0.4) is 0 Å². The predicted molar refractivity (Wildman–Crippen MR) is 60.3 cm³/mol. The molecule has 0 radical (unpaired) electrons. The summed E-state index contributed by atoms with van der Waals surface area (Å²) in [5, 5.41) is 18.3. The van der Waals surface area contributed by atoms with Crippen molar-refractivity contribution in [2.24, 2.45) is 0 Å². The molecular formula is C12H11NO4. The Hall–Kier alpha value is -2.48. The predicted octanol–water partition coefficient (Wildman–Crippen LogP) is 1.48. The van der Waals surface area contributed by atoms with Crippen LogP contribution in [0.2, 0.25) is 0 Å². The fourth-order valence-electron chi connectivity index (χ4n) is 1.21. The standard InChI is InChI=1S/C12H11NO4/c1-16-11-4-3-8(6-10(11)14)5-9(7-13)12(15)17-2/h3-6,14H,1-2H3/b9-5+. The molecule has 0 saturated carbocycles. The number of hydrogen-bond acceptors (Lipinski definition) is 5. The third kappa shape index (κ3) is 2.98. The summed E-state index contributed by atoms with van der Waals surface area (Å²) in [5.41, 5.74) is 0.363. The van der Waals surface area contributed by atoms with Gasteiger partial charge >= 0.3 is 5.97 Å². The summed E-state index contributed by atoms with van der Waals surface area (Å²) in [5.74, 6) is -0.468. The number of nitriles is 1. The van der Waals surface area contributed by atoms with Gasteiger partial charge in [0.1, 0.15) is 11.6 Å². The molecule has 88 valence electrons. The molecule has 17 heavy (non-hydrogen) atoms. The van der Waals surface area contributed by atoms with Crippen molar-refractivity contribution in [3.63, 3.8) is 0 Å². The fraction of sp³-hybridized carbons (Fsp3) is 0.167. The van der Waals surface area contributed by atoms with Crippen molar-refractivity contribution in [1.82, 2.24) is 0 Å². The number of carbonyl (C=O) groups excluding carboxylic acids is 1. The highest BCUT2D eigenvalue weighted by Gasteiger charge is 2.09. The number of nitrogens with zero attached hydrogens (tertiary/aromatic N) is 1. The lowest BCUT2D eigenvalue weighted by molar-refractivity contribution is -0.135. The number of ether oxygens (including phenoxy) is 2. The van der Waals surface area contributed by atoms with Gasteiger partial charge in [0, 0.05) is 0 Å². The Morgan fingerprint density at radius 1 is 1.47 bits per heavy atom. The molecule has 0 fully saturated rings. The minimum absolute atomic E-state index is 0.0663. The summed E-state index contributed by atoms with van der Waals surface area (Å²) in [6, 6.07) is 6.26. The van der Waals surface area contributed by atoms with Gasteiger partial charge in [-0.2, -0.15) is 5.26 Å². The molecule has 5 heteroatoms. The van der Waals surface area contributed by atoms with E-state index < -0.39 is 5.97 Å². The second kappa shape index (κ2) is 5.56. The first kappa shape index (κ1) is 12.6. The quantitative estimate of drug-likeness (QED) is 0.486. The maximum Gasteiger partial charge on any atom is 0.348 e. The van der Waals surface area contributed by atoms with Crippen LogP contribution in [0.5, 0.6) is 11.5 Å². The summed E-state index contributed by atoms with van der Waals surface area (Å²) in [6.45, 7) is 0. The highest BCUT2D eigenvalue weighted by Crippen LogP contribution is 2.27. The number of rotatable bonds is 3. The molecule has 0 aliphatic heterocycles. The van der Waals surface area contributed by atoms with E-state index in [-0.39, 0.29) is 11.3 Å². The van der Waals surface area contributed by atoms with Crippen molar-refractivity contribution in [1.29, 1.82) is 5.26 Å². The van der Waals surface area contributed by atoms with E-state index in [9.17, 15) is 9.90 Å². The average molecular weight is 233 g/mol. The molecule has 5 nitrogen and oxygen atoms in total. The normalized spacial score (nSPS) is 10.5. The Balaban J connectivity index is 3.10. The van der Waals surface area contributed by atoms with Crippen LogP contribution in [0, 0.1) is 11.3 Å². The zero-order chi connectivity index (χ0) is 12.8. The maximum atomic E-state index is 11.2. The summed E-state index contributed by atoms with van der Waals surface area (Å²) < 4.78 is 9.31. The second-order valence-electron chi connectivity index (χ2n) is 3.09. The molecule has 0 aliphatic rings. The molecule has 1 aromatic carbocycles. The number of hydrogen-bond donors (Lipinski definition) is 1. The van der Waals surface area contributed by atoms with Crippen molar-refractivity contribution in [3.8, 4) is 17.6 Å². The van der Waals surface area contributed by atoms with Crippen LogP contribution in [0.1, 0.15) is 5.56 Å². The van der Waals surface area contributed by atoms with Crippen LogP contribution in [-0.4, -0.2) is 25.3 Å². The Labute approximate surface area is 98.5 Å². The number of phenols is 1. The largest absolute Gasteiger partial charge is 0.504 e. The Kier molecular flexibility index (Phi) is 4.12. The highest BCUT2D eigenvalue weighted by molar-refractivity contribution is 5.97. The first-order valence-electron chi connectivity index (χ1n) is 4.69. The molecule has 1 aromatic rings. The van der Waals surface area contributed by atoms with E-state index in [2.05, 4.69) is 4.74 Å². The Morgan fingerprint density at radius 2 is 2.18 bits per heavy atom. The molecule has 0 heterocycles. The van der Waals surface area contributed by atoms with Crippen LogP contribution in [0.15, 0.2) is 23.8 Å². The zero-order valence-electron chi connectivity index (χ0n) is 9.43. The Bertz CT molecular complexity index is 500. The lowest BCUT2D eigenvalue weighted by Gasteiger charge is -2.03. The van der Waals surface area contributed by atoms with Gasteiger partial charge in [0.25, 0.3) is 0 Å². The molecule has 0 aromatic heterocycles. The second-order valence-corrected chi connectivity index (χ2v) is 3.09. The molecule has 0 spiro atoms. The van der Waals surface area contributed by atoms with Crippen molar-refractivity contribution in [2.45, 2.75) is 0 Å². The number of esters is 1. The smallest absolute Gasteiger partial charge is 0.348 e. The average Bonchev–Trinajstić information content (AvgIpc) is 2.35. The van der Waals surface area contributed by atoms with Gasteiger partial charge in [0.15, 0.2) is 11.5 Å². The van der Waals surface area contributed by atoms with E-state index in [0.717, 1.165) is 0 Å². The van der Waals surface area contributed by atoms with Crippen LogP contribution in [0.4, 0.5) is 0 Å². The molecule has 1 N–H and O–H groups in total. The lowest BCUT2D eigenvalue weighted by atomic mass is 10.1. The van der Waals surface area contributed by atoms with E-state index in [4.69, 9.17) is 10.00 Å². The van der Waals surface area contributed by atoms with Gasteiger partial charge in [-0.1, -0.05) is 6.07 Å². The SMILES string of the molecule is COC(=O)/C(C#N)=C/c1ccc(OC)c(O)c1. The zero-order valence-corrected chi connectivity index (χ0v) is 9.43. The third-order valence-electron chi connectivity index (χ3n) is 2.04. The molecule has 0 unspecified atom stereocenters. The van der Waals surface area contributed by atoms with Gasteiger partial charge in [-0.3, -0.25) is 0 Å². The van der Waals surface area contributed by atoms with Gasteiger partial charge in [-0.15, -0.1) is 0 Å². The fourth-order valence-corrected chi connectivity index (χ4v) is 1.21. The molecule has 0 aliphatic carbocycles. The minimum atomic E-state index is -0.720. The first-order chi connectivity index (χ1) is 8.12. The van der Waals surface area contributed by atoms with Gasteiger partial charge in [0.05, 0.1) is 14.2 Å². The summed E-state index contributed by atoms with van der Waals surface area (Å²) >= 11 is 0. The lowest BCUT2D eigenvalue weighted by Crippen LogP contribution is -2.02. The molecule has 1 rings (SSSR count). The van der Waals surface area contributed by atoms with Crippen molar-refractivity contribution >= 4 is 12.0 Å². The monoisotopic (exact) mass is 233 g/mol. The topological polar surface area (TPSA) is 79.6 Å². The molecule has 0 atom stereocenters. The number of aromatic hydroxyl groups is 1. The van der Waals surface area contributed by atoms with Gasteiger partial charge < -0.3 is 14.6 Å². The summed E-state index contributed by atoms with van der Waals surface area (Å²) in [4.78, 5) is 11.2. The van der Waals surface area contributed by atoms with Gasteiger partial charge in [-0.25, -0.2) is 4.79 Å². The van der Waals surface area contributed by atoms with E-state index in [1.54, 1.807) is 12.1 Å². The molecule has 0 amide bonds. The van der Waals surface area contributed by atoms with E-state index in [0.29, 0.717) is 11.3 Å².